The second-order valence-electron chi connectivity index (χ2n) is 4.69. The lowest BCUT2D eigenvalue weighted by molar-refractivity contribution is 0.0122. The lowest BCUT2D eigenvalue weighted by Gasteiger charge is -2.15. The average Bonchev–Trinajstić information content (AvgIpc) is 2.57. The first-order valence-electron chi connectivity index (χ1n) is 5.45. The van der Waals surface area contributed by atoms with E-state index in [-0.39, 0.29) is 11.7 Å². The van der Waals surface area contributed by atoms with E-state index in [4.69, 9.17) is 9.47 Å². The van der Waals surface area contributed by atoms with Crippen LogP contribution in [0.1, 0.15) is 25.8 Å². The SMILES string of the molecule is CC1(C)CC(OCc2ccccc2)CO1. The van der Waals surface area contributed by atoms with E-state index < -0.39 is 0 Å². The molecular formula is C13H18O2. The summed E-state index contributed by atoms with van der Waals surface area (Å²) in [7, 11) is 0. The Morgan fingerprint density at radius 3 is 2.67 bits per heavy atom. The van der Waals surface area contributed by atoms with Gasteiger partial charge in [-0.1, -0.05) is 30.3 Å². The van der Waals surface area contributed by atoms with Crippen LogP contribution in [-0.4, -0.2) is 18.3 Å². The third-order valence-corrected chi connectivity index (χ3v) is 2.71. The summed E-state index contributed by atoms with van der Waals surface area (Å²) in [4.78, 5) is 0. The van der Waals surface area contributed by atoms with Crippen LogP contribution in [0.25, 0.3) is 0 Å². The Kier molecular flexibility index (Phi) is 3.08. The average molecular weight is 206 g/mol. The van der Waals surface area contributed by atoms with Crippen LogP contribution >= 0.6 is 0 Å². The van der Waals surface area contributed by atoms with Gasteiger partial charge < -0.3 is 9.47 Å². The Bertz CT molecular complexity index is 306. The molecule has 1 unspecified atom stereocenters. The van der Waals surface area contributed by atoms with Crippen molar-refractivity contribution in [3.63, 3.8) is 0 Å². The van der Waals surface area contributed by atoms with E-state index >= 15 is 0 Å². The van der Waals surface area contributed by atoms with Crippen LogP contribution in [0.5, 0.6) is 0 Å². The van der Waals surface area contributed by atoms with E-state index in [0.717, 1.165) is 13.0 Å². The molecule has 1 fully saturated rings. The van der Waals surface area contributed by atoms with E-state index in [1.807, 2.05) is 18.2 Å². The zero-order chi connectivity index (χ0) is 10.7. The summed E-state index contributed by atoms with van der Waals surface area (Å²) in [5.74, 6) is 0. The standard InChI is InChI=1S/C13H18O2/c1-13(2)8-12(10-15-13)14-9-11-6-4-3-5-7-11/h3-7,12H,8-10H2,1-2H3. The molecule has 0 saturated carbocycles. The van der Waals surface area contributed by atoms with E-state index in [1.54, 1.807) is 0 Å². The minimum Gasteiger partial charge on any atom is -0.373 e. The molecule has 1 atom stereocenters. The number of hydrogen-bond donors (Lipinski definition) is 0. The summed E-state index contributed by atoms with van der Waals surface area (Å²) in [5, 5.41) is 0. The molecule has 0 spiro atoms. The molecule has 0 amide bonds. The lowest BCUT2D eigenvalue weighted by Crippen LogP contribution is -2.18. The van der Waals surface area contributed by atoms with Crippen molar-refractivity contribution >= 4 is 0 Å². The maximum absolute atomic E-state index is 5.80. The topological polar surface area (TPSA) is 18.5 Å². The van der Waals surface area contributed by atoms with E-state index in [0.29, 0.717) is 6.61 Å². The molecular weight excluding hydrogens is 188 g/mol. The summed E-state index contributed by atoms with van der Waals surface area (Å²) >= 11 is 0. The van der Waals surface area contributed by atoms with Gasteiger partial charge in [0.15, 0.2) is 0 Å². The van der Waals surface area contributed by atoms with Gasteiger partial charge in [-0.15, -0.1) is 0 Å². The molecule has 1 saturated heterocycles. The fourth-order valence-electron chi connectivity index (χ4n) is 1.88. The zero-order valence-corrected chi connectivity index (χ0v) is 9.40. The van der Waals surface area contributed by atoms with Crippen molar-refractivity contribution in [1.29, 1.82) is 0 Å². The Hall–Kier alpha value is -0.860. The van der Waals surface area contributed by atoms with Crippen molar-refractivity contribution in [2.45, 2.75) is 38.6 Å². The highest BCUT2D eigenvalue weighted by molar-refractivity contribution is 5.13. The van der Waals surface area contributed by atoms with Crippen LogP contribution in [0, 0.1) is 0 Å². The Balaban J connectivity index is 1.80. The fraction of sp³-hybridized carbons (Fsp3) is 0.538. The Labute approximate surface area is 91.2 Å². The maximum atomic E-state index is 5.80. The highest BCUT2D eigenvalue weighted by atomic mass is 16.6. The summed E-state index contributed by atoms with van der Waals surface area (Å²) in [6.07, 6.45) is 1.24. The first-order chi connectivity index (χ1) is 7.16. The van der Waals surface area contributed by atoms with Crippen LogP contribution in [-0.2, 0) is 16.1 Å². The molecule has 0 N–H and O–H groups in total. The van der Waals surface area contributed by atoms with Gasteiger partial charge in [-0.05, 0) is 19.4 Å². The second kappa shape index (κ2) is 4.33. The van der Waals surface area contributed by atoms with Gasteiger partial charge in [0.1, 0.15) is 0 Å². The largest absolute Gasteiger partial charge is 0.373 e. The number of benzene rings is 1. The van der Waals surface area contributed by atoms with Gasteiger partial charge in [0.2, 0.25) is 0 Å². The van der Waals surface area contributed by atoms with Crippen molar-refractivity contribution in [3.05, 3.63) is 35.9 Å². The van der Waals surface area contributed by atoms with Crippen LogP contribution < -0.4 is 0 Å². The lowest BCUT2D eigenvalue weighted by atomic mass is 10.0. The fourth-order valence-corrected chi connectivity index (χ4v) is 1.88. The first kappa shape index (κ1) is 10.7. The Morgan fingerprint density at radius 1 is 1.33 bits per heavy atom. The van der Waals surface area contributed by atoms with Gasteiger partial charge in [0.05, 0.1) is 24.9 Å². The van der Waals surface area contributed by atoms with Gasteiger partial charge in [0.25, 0.3) is 0 Å². The number of hydrogen-bond acceptors (Lipinski definition) is 2. The van der Waals surface area contributed by atoms with Gasteiger partial charge in [-0.2, -0.15) is 0 Å². The van der Waals surface area contributed by atoms with Crippen LogP contribution in [0.15, 0.2) is 30.3 Å². The van der Waals surface area contributed by atoms with Crippen molar-refractivity contribution in [2.75, 3.05) is 6.61 Å². The predicted molar refractivity (Wildman–Crippen MR) is 59.7 cm³/mol. The third-order valence-electron chi connectivity index (χ3n) is 2.71. The van der Waals surface area contributed by atoms with E-state index in [1.165, 1.54) is 5.56 Å². The van der Waals surface area contributed by atoms with Crippen LogP contribution in [0.4, 0.5) is 0 Å². The smallest absolute Gasteiger partial charge is 0.0840 e. The van der Waals surface area contributed by atoms with Crippen molar-refractivity contribution in [1.82, 2.24) is 0 Å². The predicted octanol–water partition coefficient (Wildman–Crippen LogP) is 2.77. The molecule has 2 nitrogen and oxygen atoms in total. The Morgan fingerprint density at radius 2 is 2.07 bits per heavy atom. The van der Waals surface area contributed by atoms with Crippen molar-refractivity contribution < 1.29 is 9.47 Å². The first-order valence-corrected chi connectivity index (χ1v) is 5.45. The molecule has 1 aliphatic heterocycles. The molecule has 15 heavy (non-hydrogen) atoms. The van der Waals surface area contributed by atoms with Gasteiger partial charge in [-0.3, -0.25) is 0 Å². The zero-order valence-electron chi connectivity index (χ0n) is 9.40. The van der Waals surface area contributed by atoms with Crippen LogP contribution in [0.2, 0.25) is 0 Å². The molecule has 82 valence electrons. The minimum absolute atomic E-state index is 0.0125. The summed E-state index contributed by atoms with van der Waals surface area (Å²) in [6, 6.07) is 10.3. The van der Waals surface area contributed by atoms with Gasteiger partial charge >= 0.3 is 0 Å². The van der Waals surface area contributed by atoms with Gasteiger partial charge in [-0.25, -0.2) is 0 Å². The summed E-state index contributed by atoms with van der Waals surface area (Å²) in [5.41, 5.74) is 1.21. The summed E-state index contributed by atoms with van der Waals surface area (Å²) < 4.78 is 11.4. The van der Waals surface area contributed by atoms with Crippen LogP contribution in [0.3, 0.4) is 0 Å². The quantitative estimate of drug-likeness (QED) is 0.757. The molecule has 1 aromatic carbocycles. The summed E-state index contributed by atoms with van der Waals surface area (Å²) in [6.45, 7) is 5.63. The molecule has 0 aromatic heterocycles. The monoisotopic (exact) mass is 206 g/mol. The van der Waals surface area contributed by atoms with Crippen molar-refractivity contribution in [3.8, 4) is 0 Å². The molecule has 2 rings (SSSR count). The molecule has 1 aromatic rings. The normalized spacial score (nSPS) is 24.3. The highest BCUT2D eigenvalue weighted by Crippen LogP contribution is 2.26. The maximum Gasteiger partial charge on any atom is 0.0840 e. The molecule has 0 radical (unpaired) electrons. The second-order valence-corrected chi connectivity index (χ2v) is 4.69. The van der Waals surface area contributed by atoms with Crippen molar-refractivity contribution in [2.24, 2.45) is 0 Å². The highest BCUT2D eigenvalue weighted by Gasteiger charge is 2.32. The van der Waals surface area contributed by atoms with Gasteiger partial charge in [0, 0.05) is 6.42 Å². The molecule has 1 heterocycles. The number of ether oxygens (including phenoxy) is 2. The minimum atomic E-state index is -0.0125. The van der Waals surface area contributed by atoms with E-state index in [2.05, 4.69) is 26.0 Å². The molecule has 1 aliphatic rings. The third kappa shape index (κ3) is 3.05. The molecule has 0 aliphatic carbocycles. The number of rotatable bonds is 3. The molecule has 2 heteroatoms. The molecule has 0 bridgehead atoms. The van der Waals surface area contributed by atoms with E-state index in [9.17, 15) is 0 Å².